The van der Waals surface area contributed by atoms with Crippen LogP contribution in [0.1, 0.15) is 22.3 Å². The first-order chi connectivity index (χ1) is 9.34. The molecule has 2 aromatic heterocycles. The van der Waals surface area contributed by atoms with Crippen molar-refractivity contribution in [3.05, 3.63) is 51.9 Å². The summed E-state index contributed by atoms with van der Waals surface area (Å²) in [6.07, 6.45) is 2.76. The molecule has 3 aromatic rings. The normalized spacial score (nSPS) is 18.7. The van der Waals surface area contributed by atoms with Gasteiger partial charge in [-0.1, -0.05) is 29.8 Å². The fraction of sp³-hybridized carbons (Fsp3) is 0.214. The van der Waals surface area contributed by atoms with Gasteiger partial charge in [0.1, 0.15) is 0 Å². The molecule has 96 valence electrons. The van der Waals surface area contributed by atoms with E-state index in [9.17, 15) is 0 Å². The molecule has 0 bridgehead atoms. The summed E-state index contributed by atoms with van der Waals surface area (Å²) >= 11 is 8.31. The Bertz CT molecular complexity index is 746. The molecule has 2 N–H and O–H groups in total. The molecule has 1 atom stereocenters. The first-order valence-corrected chi connectivity index (χ1v) is 7.46. The third-order valence-electron chi connectivity index (χ3n) is 3.57. The SMILES string of the molecule is Clc1c([C@@H]2NCCc3[nH]cnc32)sc2ccccc12. The van der Waals surface area contributed by atoms with Crippen LogP contribution in [0, 0.1) is 0 Å². The van der Waals surface area contributed by atoms with E-state index in [-0.39, 0.29) is 6.04 Å². The first-order valence-electron chi connectivity index (χ1n) is 6.27. The Morgan fingerprint density at radius 2 is 2.21 bits per heavy atom. The lowest BCUT2D eigenvalue weighted by Gasteiger charge is -2.22. The van der Waals surface area contributed by atoms with Gasteiger partial charge in [0.25, 0.3) is 0 Å². The summed E-state index contributed by atoms with van der Waals surface area (Å²) in [6.45, 7) is 0.949. The molecule has 3 heterocycles. The first kappa shape index (κ1) is 11.5. The number of halogens is 1. The van der Waals surface area contributed by atoms with Crippen molar-refractivity contribution in [2.75, 3.05) is 6.54 Å². The average molecular weight is 290 g/mol. The maximum atomic E-state index is 6.56. The van der Waals surface area contributed by atoms with Gasteiger partial charge in [0, 0.05) is 33.6 Å². The van der Waals surface area contributed by atoms with Crippen molar-refractivity contribution in [1.82, 2.24) is 15.3 Å². The number of nitrogens with zero attached hydrogens (tertiary/aromatic N) is 1. The lowest BCUT2D eigenvalue weighted by molar-refractivity contribution is 0.560. The van der Waals surface area contributed by atoms with Crippen LogP contribution in [0.5, 0.6) is 0 Å². The molecule has 5 heteroatoms. The van der Waals surface area contributed by atoms with Gasteiger partial charge in [-0.3, -0.25) is 0 Å². The van der Waals surface area contributed by atoms with Gasteiger partial charge < -0.3 is 10.3 Å². The van der Waals surface area contributed by atoms with Gasteiger partial charge in [-0.05, 0) is 6.07 Å². The van der Waals surface area contributed by atoms with Gasteiger partial charge in [-0.2, -0.15) is 0 Å². The maximum Gasteiger partial charge on any atom is 0.0926 e. The molecular formula is C14H12ClN3S. The number of benzene rings is 1. The van der Waals surface area contributed by atoms with Gasteiger partial charge in [-0.25, -0.2) is 4.98 Å². The molecule has 0 radical (unpaired) electrons. The lowest BCUT2D eigenvalue weighted by Crippen LogP contribution is -2.30. The number of rotatable bonds is 1. The van der Waals surface area contributed by atoms with E-state index in [1.165, 1.54) is 10.4 Å². The minimum Gasteiger partial charge on any atom is -0.348 e. The molecule has 0 saturated carbocycles. The van der Waals surface area contributed by atoms with Crippen LogP contribution in [0.2, 0.25) is 5.02 Å². The fourth-order valence-corrected chi connectivity index (χ4v) is 4.28. The number of hydrogen-bond donors (Lipinski definition) is 2. The minimum atomic E-state index is 0.111. The molecule has 0 unspecified atom stereocenters. The van der Waals surface area contributed by atoms with Crippen LogP contribution in [0.15, 0.2) is 30.6 Å². The van der Waals surface area contributed by atoms with Crippen molar-refractivity contribution in [3.8, 4) is 0 Å². The fourth-order valence-electron chi connectivity index (χ4n) is 2.65. The van der Waals surface area contributed by atoms with Crippen molar-refractivity contribution in [3.63, 3.8) is 0 Å². The molecular weight excluding hydrogens is 278 g/mol. The third kappa shape index (κ3) is 1.71. The number of aromatic nitrogens is 2. The van der Waals surface area contributed by atoms with E-state index in [0.717, 1.165) is 33.9 Å². The number of thiophene rings is 1. The Labute approximate surface area is 119 Å². The predicted molar refractivity (Wildman–Crippen MR) is 79.0 cm³/mol. The van der Waals surface area contributed by atoms with Crippen LogP contribution >= 0.6 is 22.9 Å². The van der Waals surface area contributed by atoms with E-state index in [0.29, 0.717) is 0 Å². The zero-order chi connectivity index (χ0) is 12.8. The Morgan fingerprint density at radius 3 is 3.11 bits per heavy atom. The number of H-pyrrole nitrogens is 1. The summed E-state index contributed by atoms with van der Waals surface area (Å²) in [5.74, 6) is 0. The molecule has 0 spiro atoms. The van der Waals surface area contributed by atoms with Crippen LogP contribution in [0.4, 0.5) is 0 Å². The van der Waals surface area contributed by atoms with E-state index >= 15 is 0 Å². The summed E-state index contributed by atoms with van der Waals surface area (Å²) < 4.78 is 1.23. The van der Waals surface area contributed by atoms with E-state index in [4.69, 9.17) is 11.6 Å². The van der Waals surface area contributed by atoms with Crippen molar-refractivity contribution in [2.24, 2.45) is 0 Å². The molecule has 0 fully saturated rings. The Kier molecular flexibility index (Phi) is 2.62. The largest absolute Gasteiger partial charge is 0.348 e. The van der Waals surface area contributed by atoms with E-state index in [1.54, 1.807) is 17.7 Å². The Balaban J connectivity index is 1.90. The second-order valence-corrected chi connectivity index (χ2v) is 6.14. The molecule has 1 aromatic carbocycles. The third-order valence-corrected chi connectivity index (χ3v) is 5.33. The summed E-state index contributed by atoms with van der Waals surface area (Å²) in [7, 11) is 0. The van der Waals surface area contributed by atoms with Gasteiger partial charge in [0.2, 0.25) is 0 Å². The van der Waals surface area contributed by atoms with Crippen LogP contribution in [-0.4, -0.2) is 16.5 Å². The van der Waals surface area contributed by atoms with Crippen molar-refractivity contribution in [2.45, 2.75) is 12.5 Å². The lowest BCUT2D eigenvalue weighted by atomic mass is 10.0. The standard InChI is InChI=1S/C14H12ClN3S/c15-11-8-3-1-2-4-10(8)19-14(11)13-12-9(5-6-16-13)17-7-18-12/h1-4,7,13,16H,5-6H2,(H,17,18)/t13-/m1/s1. The zero-order valence-electron chi connectivity index (χ0n) is 10.1. The molecule has 0 saturated heterocycles. The highest BCUT2D eigenvalue weighted by Gasteiger charge is 2.27. The summed E-state index contributed by atoms with van der Waals surface area (Å²) in [5, 5.41) is 5.51. The Hall–Kier alpha value is -1.36. The zero-order valence-corrected chi connectivity index (χ0v) is 11.7. The highest BCUT2D eigenvalue weighted by atomic mass is 35.5. The number of nitrogens with one attached hydrogen (secondary N) is 2. The van der Waals surface area contributed by atoms with Crippen LogP contribution < -0.4 is 5.32 Å². The summed E-state index contributed by atoms with van der Waals surface area (Å²) in [6, 6.07) is 8.38. The van der Waals surface area contributed by atoms with Crippen LogP contribution in [0.3, 0.4) is 0 Å². The van der Waals surface area contributed by atoms with Gasteiger partial charge in [0.15, 0.2) is 0 Å². The second kappa shape index (κ2) is 4.34. The van der Waals surface area contributed by atoms with Crippen molar-refractivity contribution < 1.29 is 0 Å². The number of aromatic amines is 1. The summed E-state index contributed by atoms with van der Waals surface area (Å²) in [5.41, 5.74) is 2.30. The quantitative estimate of drug-likeness (QED) is 0.720. The monoisotopic (exact) mass is 289 g/mol. The van der Waals surface area contributed by atoms with Crippen molar-refractivity contribution in [1.29, 1.82) is 0 Å². The molecule has 0 aliphatic carbocycles. The minimum absolute atomic E-state index is 0.111. The highest BCUT2D eigenvalue weighted by molar-refractivity contribution is 7.19. The number of hydrogen-bond acceptors (Lipinski definition) is 3. The molecule has 0 amide bonds. The van der Waals surface area contributed by atoms with Gasteiger partial charge in [-0.15, -0.1) is 11.3 Å². The molecule has 19 heavy (non-hydrogen) atoms. The maximum absolute atomic E-state index is 6.56. The molecule has 4 rings (SSSR count). The van der Waals surface area contributed by atoms with E-state index in [1.807, 2.05) is 12.1 Å². The van der Waals surface area contributed by atoms with Crippen LogP contribution in [-0.2, 0) is 6.42 Å². The topological polar surface area (TPSA) is 40.7 Å². The Morgan fingerprint density at radius 1 is 1.32 bits per heavy atom. The molecule has 3 nitrogen and oxygen atoms in total. The average Bonchev–Trinajstić information content (AvgIpc) is 3.04. The summed E-state index contributed by atoms with van der Waals surface area (Å²) in [4.78, 5) is 8.84. The predicted octanol–water partition coefficient (Wildman–Crippen LogP) is 3.51. The second-order valence-electron chi connectivity index (χ2n) is 4.68. The van der Waals surface area contributed by atoms with Crippen LogP contribution in [0.25, 0.3) is 10.1 Å². The number of imidazole rings is 1. The number of fused-ring (bicyclic) bond motifs is 2. The van der Waals surface area contributed by atoms with Crippen molar-refractivity contribution >= 4 is 33.0 Å². The highest BCUT2D eigenvalue weighted by Crippen LogP contribution is 2.41. The molecule has 1 aliphatic rings. The van der Waals surface area contributed by atoms with E-state index in [2.05, 4.69) is 27.4 Å². The molecule has 1 aliphatic heterocycles. The van der Waals surface area contributed by atoms with Gasteiger partial charge in [0.05, 0.1) is 23.1 Å². The van der Waals surface area contributed by atoms with Gasteiger partial charge >= 0.3 is 0 Å². The van der Waals surface area contributed by atoms with E-state index < -0.39 is 0 Å². The smallest absolute Gasteiger partial charge is 0.0926 e.